The predicted octanol–water partition coefficient (Wildman–Crippen LogP) is 8.53. The first-order valence-electron chi connectivity index (χ1n) is 14.7. The Bertz CT molecular complexity index is 1080. The fourth-order valence-electron chi connectivity index (χ4n) is 4.53. The van der Waals surface area contributed by atoms with Gasteiger partial charge in [0.1, 0.15) is 5.82 Å². The molecule has 5 nitrogen and oxygen atoms in total. The molecule has 1 aromatic rings. The number of anilines is 1. The van der Waals surface area contributed by atoms with Crippen LogP contribution >= 0.6 is 0 Å². The summed E-state index contributed by atoms with van der Waals surface area (Å²) in [6.45, 7) is 17.3. The second kappa shape index (κ2) is 15.2. The second-order valence-electron chi connectivity index (χ2n) is 11.4. The largest absolute Gasteiger partial charge is 0.379 e. The van der Waals surface area contributed by atoms with Gasteiger partial charge in [-0.05, 0) is 81.1 Å². The third-order valence-electron chi connectivity index (χ3n) is 7.24. The summed E-state index contributed by atoms with van der Waals surface area (Å²) in [5, 5.41) is 6.40. The van der Waals surface area contributed by atoms with E-state index in [4.69, 9.17) is 0 Å². The van der Waals surface area contributed by atoms with Crippen LogP contribution in [0.1, 0.15) is 95.5 Å². The van der Waals surface area contributed by atoms with Crippen molar-refractivity contribution in [3.8, 4) is 0 Å². The summed E-state index contributed by atoms with van der Waals surface area (Å²) in [5.74, 6) is 0.678. The molecule has 2 aliphatic rings. The van der Waals surface area contributed by atoms with Crippen LogP contribution in [0.2, 0.25) is 0 Å². The molecule has 0 aromatic heterocycles. The van der Waals surface area contributed by atoms with E-state index in [2.05, 4.69) is 72.6 Å². The van der Waals surface area contributed by atoms with Crippen molar-refractivity contribution in [3.63, 3.8) is 0 Å². The summed E-state index contributed by atoms with van der Waals surface area (Å²) in [4.78, 5) is 19.7. The van der Waals surface area contributed by atoms with Crippen molar-refractivity contribution in [2.75, 3.05) is 18.9 Å². The number of benzene rings is 1. The summed E-state index contributed by atoms with van der Waals surface area (Å²) < 4.78 is 14.7. The number of nitrogens with one attached hydrogen (secondary N) is 2. The van der Waals surface area contributed by atoms with Crippen molar-refractivity contribution < 1.29 is 12.0 Å². The van der Waals surface area contributed by atoms with E-state index in [9.17, 15) is 9.18 Å². The number of nitrogens with zero attached hydrogens (tertiary/aromatic N) is 2. The summed E-state index contributed by atoms with van der Waals surface area (Å²) >= 11 is 0. The van der Waals surface area contributed by atoms with Crippen molar-refractivity contribution in [1.82, 2.24) is 10.2 Å². The van der Waals surface area contributed by atoms with Crippen molar-refractivity contribution in [3.05, 3.63) is 65.3 Å². The molecule has 0 radical (unpaired) electrons. The zero-order valence-corrected chi connectivity index (χ0v) is 25.6. The summed E-state index contributed by atoms with van der Waals surface area (Å²) in [6.07, 6.45) is 14.4. The zero-order chi connectivity index (χ0) is 29.2. The second-order valence-corrected chi connectivity index (χ2v) is 11.4. The van der Waals surface area contributed by atoms with Gasteiger partial charge >= 0.3 is 0 Å². The van der Waals surface area contributed by atoms with E-state index in [1.54, 1.807) is 12.1 Å². The maximum Gasteiger partial charge on any atom is 0.225 e. The highest BCUT2D eigenvalue weighted by Crippen LogP contribution is 2.42. The van der Waals surface area contributed by atoms with E-state index < -0.39 is 0 Å². The van der Waals surface area contributed by atoms with Gasteiger partial charge in [-0.25, -0.2) is 4.39 Å². The molecule has 1 amide bonds. The molecule has 39 heavy (non-hydrogen) atoms. The van der Waals surface area contributed by atoms with Crippen LogP contribution in [0.15, 0.2) is 58.9 Å². The molecule has 1 fully saturated rings. The Morgan fingerprint density at radius 1 is 1.26 bits per heavy atom. The topological polar surface area (TPSA) is 56.7 Å². The standard InChI is InChI=1S/C31H45FN4O.C2H6.2H2/c1-8-36(7)20-29(21(2)3)33-19-22(4)34-23(5)27-17-26(11-12-28(27)32)35-30(37)18-31(6)15-13-25(14-16-31)24-9-10-24;1-2;;/h11-15,17,19-24,34H,8-10,16,18H2,1-7H3,(H,35,37);1-2H3;2*1H/b29-20+,33-19?;;;/t22?,23-,31?;;;/m0.../s1. The van der Waals surface area contributed by atoms with Gasteiger partial charge in [0.15, 0.2) is 0 Å². The molecule has 0 saturated heterocycles. The molecule has 6 heteroatoms. The smallest absolute Gasteiger partial charge is 0.225 e. The highest BCUT2D eigenvalue weighted by molar-refractivity contribution is 5.91. The Hall–Kier alpha value is -2.73. The molecule has 1 saturated carbocycles. The van der Waals surface area contributed by atoms with E-state index in [-0.39, 0.29) is 32.1 Å². The SMILES string of the molecule is CC.CCN(C)/C=C(/N=CC(C)N[C@@H](C)c1cc(NC(=O)CC2(C)C=CC(C3CC3)=CC2)ccc1F)C(C)C.[HH].[HH]. The lowest BCUT2D eigenvalue weighted by atomic mass is 9.78. The third-order valence-corrected chi connectivity index (χ3v) is 7.24. The van der Waals surface area contributed by atoms with Crippen LogP contribution in [0, 0.1) is 23.1 Å². The van der Waals surface area contributed by atoms with E-state index >= 15 is 0 Å². The van der Waals surface area contributed by atoms with Gasteiger partial charge in [0.05, 0.1) is 5.70 Å². The summed E-state index contributed by atoms with van der Waals surface area (Å²) in [6, 6.07) is 4.47. The van der Waals surface area contributed by atoms with E-state index in [1.165, 1.54) is 24.5 Å². The first-order chi connectivity index (χ1) is 18.5. The minimum absolute atomic E-state index is 0. The first kappa shape index (κ1) is 32.5. The fourth-order valence-corrected chi connectivity index (χ4v) is 4.53. The molecule has 3 rings (SSSR count). The number of rotatable bonds is 12. The number of hydrogen-bond acceptors (Lipinski definition) is 4. The molecule has 2 N–H and O–H groups in total. The maximum absolute atomic E-state index is 14.7. The molecular weight excluding hydrogens is 487 g/mol. The van der Waals surface area contributed by atoms with Gasteiger partial charge in [0, 0.05) is 58.6 Å². The molecule has 2 unspecified atom stereocenters. The number of allylic oxidation sites excluding steroid dienone is 5. The number of carbonyl (C=O) groups excluding carboxylic acids is 1. The quantitative estimate of drug-likeness (QED) is 0.260. The van der Waals surface area contributed by atoms with E-state index in [0.29, 0.717) is 23.6 Å². The third kappa shape index (κ3) is 10.4. The lowest BCUT2D eigenvalue weighted by Gasteiger charge is -2.27. The van der Waals surface area contributed by atoms with Crippen LogP contribution in [0.25, 0.3) is 0 Å². The van der Waals surface area contributed by atoms with Crippen LogP contribution in [-0.4, -0.2) is 36.7 Å². The minimum Gasteiger partial charge on any atom is -0.379 e. The molecule has 2 aliphatic carbocycles. The number of halogens is 1. The highest BCUT2D eigenvalue weighted by Gasteiger charge is 2.31. The Kier molecular flexibility index (Phi) is 12.6. The lowest BCUT2D eigenvalue weighted by Crippen LogP contribution is -2.31. The van der Waals surface area contributed by atoms with Gasteiger partial charge < -0.3 is 15.5 Å². The Balaban J connectivity index is 0.00000391. The molecule has 1 aromatic carbocycles. The molecule has 3 atom stereocenters. The molecule has 0 spiro atoms. The minimum atomic E-state index is -0.297. The first-order valence-corrected chi connectivity index (χ1v) is 14.7. The van der Waals surface area contributed by atoms with Gasteiger partial charge in [-0.3, -0.25) is 9.79 Å². The number of aliphatic imine (C=N–C) groups is 1. The molecule has 0 heterocycles. The molecule has 220 valence electrons. The van der Waals surface area contributed by atoms with Crippen molar-refractivity contribution in [2.24, 2.45) is 22.2 Å². The summed E-state index contributed by atoms with van der Waals surface area (Å²) in [7, 11) is 2.03. The Labute approximate surface area is 239 Å². The van der Waals surface area contributed by atoms with Crippen molar-refractivity contribution in [2.45, 2.75) is 93.2 Å². The number of carbonyl (C=O) groups is 1. The Morgan fingerprint density at radius 2 is 1.95 bits per heavy atom. The van der Waals surface area contributed by atoms with Gasteiger partial charge in [0.2, 0.25) is 5.91 Å². The predicted molar refractivity (Wildman–Crippen MR) is 169 cm³/mol. The van der Waals surface area contributed by atoms with Gasteiger partial charge in [-0.15, -0.1) is 0 Å². The monoisotopic (exact) mass is 542 g/mol. The van der Waals surface area contributed by atoms with Crippen LogP contribution < -0.4 is 10.6 Å². The lowest BCUT2D eigenvalue weighted by molar-refractivity contribution is -0.117. The fraction of sp³-hybridized carbons (Fsp3) is 0.576. The van der Waals surface area contributed by atoms with Crippen LogP contribution in [0.5, 0.6) is 0 Å². The number of hydrogen-bond donors (Lipinski definition) is 2. The van der Waals surface area contributed by atoms with E-state index in [0.717, 1.165) is 24.6 Å². The summed E-state index contributed by atoms with van der Waals surface area (Å²) in [5.41, 5.74) is 3.36. The maximum atomic E-state index is 14.7. The molecular formula is C33H55FN4O. The molecule has 0 bridgehead atoms. The van der Waals surface area contributed by atoms with Gasteiger partial charge in [-0.1, -0.05) is 52.8 Å². The van der Waals surface area contributed by atoms with E-state index in [1.807, 2.05) is 41.0 Å². The Morgan fingerprint density at radius 3 is 2.51 bits per heavy atom. The van der Waals surface area contributed by atoms with Crippen LogP contribution in [0.3, 0.4) is 0 Å². The average molecular weight is 543 g/mol. The zero-order valence-electron chi connectivity index (χ0n) is 25.6. The van der Waals surface area contributed by atoms with Gasteiger partial charge in [-0.2, -0.15) is 0 Å². The average Bonchev–Trinajstić information content (AvgIpc) is 3.74. The van der Waals surface area contributed by atoms with Crippen LogP contribution in [-0.2, 0) is 4.79 Å². The van der Waals surface area contributed by atoms with Crippen molar-refractivity contribution >= 4 is 17.8 Å². The number of amides is 1. The highest BCUT2D eigenvalue weighted by atomic mass is 19.1. The molecule has 0 aliphatic heterocycles. The normalized spacial score (nSPS) is 20.8. The van der Waals surface area contributed by atoms with Crippen LogP contribution in [0.4, 0.5) is 10.1 Å². The van der Waals surface area contributed by atoms with Gasteiger partial charge in [0.25, 0.3) is 0 Å². The van der Waals surface area contributed by atoms with Crippen molar-refractivity contribution in [1.29, 1.82) is 0 Å².